The summed E-state index contributed by atoms with van der Waals surface area (Å²) in [5.74, 6) is 0.499. The molecule has 0 aliphatic heterocycles. The minimum absolute atomic E-state index is 0.499. The molecule has 2 heterocycles. The molecule has 2 aromatic rings. The molecule has 11 heavy (non-hydrogen) atoms. The van der Waals surface area contributed by atoms with E-state index in [0.717, 1.165) is 0 Å². The van der Waals surface area contributed by atoms with E-state index in [-0.39, 0.29) is 0 Å². The summed E-state index contributed by atoms with van der Waals surface area (Å²) in [6.07, 6.45) is 3.20. The highest BCUT2D eigenvalue weighted by atomic mass is 16.6. The average Bonchev–Trinajstić information content (AvgIpc) is 2.54. The number of aromatic nitrogens is 4. The Morgan fingerprint density at radius 1 is 1.64 bits per heavy atom. The SMILES string of the molecule is COn1cc(N)n2nncc12. The van der Waals surface area contributed by atoms with E-state index in [1.54, 1.807) is 19.5 Å². The van der Waals surface area contributed by atoms with Crippen molar-refractivity contribution in [2.45, 2.75) is 0 Å². The van der Waals surface area contributed by atoms with Gasteiger partial charge in [0.15, 0.2) is 5.65 Å². The quantitative estimate of drug-likeness (QED) is 0.580. The Hall–Kier alpha value is -1.72. The normalized spacial score (nSPS) is 10.6. The number of rotatable bonds is 1. The van der Waals surface area contributed by atoms with Crippen molar-refractivity contribution in [1.29, 1.82) is 0 Å². The van der Waals surface area contributed by atoms with Crippen LogP contribution in [0.25, 0.3) is 5.65 Å². The Kier molecular flexibility index (Phi) is 1.03. The van der Waals surface area contributed by atoms with Crippen LogP contribution in [-0.4, -0.2) is 26.7 Å². The predicted molar refractivity (Wildman–Crippen MR) is 37.9 cm³/mol. The summed E-state index contributed by atoms with van der Waals surface area (Å²) in [4.78, 5) is 4.94. The van der Waals surface area contributed by atoms with E-state index in [4.69, 9.17) is 10.6 Å². The molecule has 6 nitrogen and oxygen atoms in total. The summed E-state index contributed by atoms with van der Waals surface area (Å²) in [5, 5.41) is 7.39. The standard InChI is InChI=1S/C5H7N5O/c1-11-9-3-4(6)10-5(9)2-7-8-10/h2-3H,6H2,1H3. The minimum atomic E-state index is 0.499. The lowest BCUT2D eigenvalue weighted by Crippen LogP contribution is -2.02. The molecule has 0 saturated carbocycles. The van der Waals surface area contributed by atoms with Crippen molar-refractivity contribution in [3.05, 3.63) is 12.4 Å². The van der Waals surface area contributed by atoms with E-state index in [2.05, 4.69) is 10.3 Å². The van der Waals surface area contributed by atoms with Gasteiger partial charge >= 0.3 is 0 Å². The van der Waals surface area contributed by atoms with Crippen molar-refractivity contribution in [2.75, 3.05) is 12.8 Å². The zero-order valence-electron chi connectivity index (χ0n) is 5.93. The van der Waals surface area contributed by atoms with Gasteiger partial charge in [-0.25, -0.2) is 0 Å². The first-order chi connectivity index (χ1) is 5.33. The summed E-state index contributed by atoms with van der Waals surface area (Å²) in [6.45, 7) is 0. The van der Waals surface area contributed by atoms with Gasteiger partial charge in [-0.2, -0.15) is 9.25 Å². The molecule has 58 valence electrons. The van der Waals surface area contributed by atoms with Crippen molar-refractivity contribution < 1.29 is 4.84 Å². The van der Waals surface area contributed by atoms with E-state index < -0.39 is 0 Å². The van der Waals surface area contributed by atoms with Crippen LogP contribution in [0.15, 0.2) is 12.4 Å². The Morgan fingerprint density at radius 3 is 3.18 bits per heavy atom. The van der Waals surface area contributed by atoms with Gasteiger partial charge in [-0.05, 0) is 0 Å². The van der Waals surface area contributed by atoms with E-state index >= 15 is 0 Å². The van der Waals surface area contributed by atoms with Crippen LogP contribution in [0.4, 0.5) is 5.82 Å². The number of fused-ring (bicyclic) bond motifs is 1. The average molecular weight is 153 g/mol. The molecular weight excluding hydrogens is 146 g/mol. The molecule has 0 atom stereocenters. The number of hydrogen-bond acceptors (Lipinski definition) is 4. The second-order valence-electron chi connectivity index (χ2n) is 2.07. The molecule has 0 saturated heterocycles. The number of anilines is 1. The van der Waals surface area contributed by atoms with Crippen LogP contribution in [0.1, 0.15) is 0 Å². The molecule has 6 heteroatoms. The van der Waals surface area contributed by atoms with Crippen molar-refractivity contribution >= 4 is 11.5 Å². The van der Waals surface area contributed by atoms with Crippen molar-refractivity contribution in [2.24, 2.45) is 0 Å². The van der Waals surface area contributed by atoms with Crippen LogP contribution in [0.5, 0.6) is 0 Å². The van der Waals surface area contributed by atoms with Crippen LogP contribution < -0.4 is 10.6 Å². The maximum atomic E-state index is 5.56. The zero-order chi connectivity index (χ0) is 7.84. The molecule has 2 aromatic heterocycles. The molecule has 0 amide bonds. The van der Waals surface area contributed by atoms with Gasteiger partial charge in [0.2, 0.25) is 0 Å². The summed E-state index contributed by atoms with van der Waals surface area (Å²) in [6, 6.07) is 0. The first-order valence-corrected chi connectivity index (χ1v) is 3.04. The highest BCUT2D eigenvalue weighted by Crippen LogP contribution is 2.07. The van der Waals surface area contributed by atoms with Gasteiger partial charge in [-0.3, -0.25) is 0 Å². The molecule has 0 spiro atoms. The van der Waals surface area contributed by atoms with Crippen LogP contribution in [0.3, 0.4) is 0 Å². The molecule has 0 unspecified atom stereocenters. The molecule has 0 aromatic carbocycles. The largest absolute Gasteiger partial charge is 0.415 e. The molecule has 2 N–H and O–H groups in total. The molecule has 2 rings (SSSR count). The molecule has 0 aliphatic carbocycles. The van der Waals surface area contributed by atoms with Gasteiger partial charge in [-0.15, -0.1) is 5.10 Å². The maximum Gasteiger partial charge on any atom is 0.193 e. The van der Waals surface area contributed by atoms with Gasteiger partial charge in [0.1, 0.15) is 12.9 Å². The maximum absolute atomic E-state index is 5.56. The fourth-order valence-electron chi connectivity index (χ4n) is 0.951. The van der Waals surface area contributed by atoms with E-state index in [1.807, 2.05) is 0 Å². The third-order valence-corrected chi connectivity index (χ3v) is 1.45. The Balaban J connectivity index is 2.80. The Bertz CT molecular complexity index is 375. The fourth-order valence-corrected chi connectivity index (χ4v) is 0.951. The Labute approximate surface area is 62.1 Å². The van der Waals surface area contributed by atoms with Crippen molar-refractivity contribution in [1.82, 2.24) is 19.6 Å². The van der Waals surface area contributed by atoms with Crippen LogP contribution >= 0.6 is 0 Å². The second kappa shape index (κ2) is 1.88. The zero-order valence-corrected chi connectivity index (χ0v) is 5.93. The fraction of sp³-hybridized carbons (Fsp3) is 0.200. The first kappa shape index (κ1) is 6.02. The smallest absolute Gasteiger partial charge is 0.193 e. The van der Waals surface area contributed by atoms with Gasteiger partial charge in [0, 0.05) is 0 Å². The summed E-state index contributed by atoms with van der Waals surface area (Å²) < 4.78 is 2.98. The molecule has 0 aliphatic rings. The first-order valence-electron chi connectivity index (χ1n) is 3.04. The number of nitrogens with zero attached hydrogens (tertiary/aromatic N) is 4. The number of nitrogens with two attached hydrogens (primary N) is 1. The monoisotopic (exact) mass is 153 g/mol. The highest BCUT2D eigenvalue weighted by molar-refractivity contribution is 5.45. The third-order valence-electron chi connectivity index (χ3n) is 1.45. The summed E-state index contributed by atoms with van der Waals surface area (Å²) >= 11 is 0. The molecule has 0 bridgehead atoms. The van der Waals surface area contributed by atoms with Gasteiger partial charge in [-0.1, -0.05) is 5.21 Å². The lowest BCUT2D eigenvalue weighted by atomic mass is 10.8. The van der Waals surface area contributed by atoms with Gasteiger partial charge in [0.05, 0.1) is 12.4 Å². The minimum Gasteiger partial charge on any atom is -0.415 e. The van der Waals surface area contributed by atoms with Gasteiger partial charge in [0.25, 0.3) is 0 Å². The Morgan fingerprint density at radius 2 is 2.45 bits per heavy atom. The molecule has 0 radical (unpaired) electrons. The van der Waals surface area contributed by atoms with Crippen LogP contribution in [0, 0.1) is 0 Å². The van der Waals surface area contributed by atoms with Crippen LogP contribution in [-0.2, 0) is 0 Å². The number of imidazole rings is 1. The van der Waals surface area contributed by atoms with E-state index in [1.165, 1.54) is 9.25 Å². The number of hydrogen-bond donors (Lipinski definition) is 1. The topological polar surface area (TPSA) is 70.4 Å². The predicted octanol–water partition coefficient (Wildman–Crippen LogP) is -0.829. The molecular formula is C5H7N5O. The highest BCUT2D eigenvalue weighted by Gasteiger charge is 2.05. The second-order valence-corrected chi connectivity index (χ2v) is 2.07. The summed E-state index contributed by atoms with van der Waals surface area (Å²) in [7, 11) is 1.55. The lowest BCUT2D eigenvalue weighted by molar-refractivity contribution is 0.178. The lowest BCUT2D eigenvalue weighted by Gasteiger charge is -1.95. The van der Waals surface area contributed by atoms with Gasteiger partial charge < -0.3 is 10.6 Å². The van der Waals surface area contributed by atoms with Crippen LogP contribution in [0.2, 0.25) is 0 Å². The summed E-state index contributed by atoms with van der Waals surface area (Å²) in [5.41, 5.74) is 6.27. The van der Waals surface area contributed by atoms with Crippen molar-refractivity contribution in [3.8, 4) is 0 Å². The third kappa shape index (κ3) is 0.658. The molecule has 0 fully saturated rings. The van der Waals surface area contributed by atoms with Crippen molar-refractivity contribution in [3.63, 3.8) is 0 Å². The van der Waals surface area contributed by atoms with E-state index in [0.29, 0.717) is 11.5 Å². The number of nitrogen functional groups attached to an aromatic ring is 1. The van der Waals surface area contributed by atoms with E-state index in [9.17, 15) is 0 Å².